The molecule has 1 heterocycles. The fraction of sp³-hybridized carbons (Fsp3) is 0.909. The van der Waals surface area contributed by atoms with E-state index in [0.29, 0.717) is 18.4 Å². The highest BCUT2D eigenvalue weighted by molar-refractivity contribution is 5.79. The van der Waals surface area contributed by atoms with Crippen LogP contribution in [-0.4, -0.2) is 48.3 Å². The first-order valence-electron chi connectivity index (χ1n) is 6.02. The number of amidine groups is 1. The van der Waals surface area contributed by atoms with Crippen molar-refractivity contribution < 1.29 is 9.94 Å². The molecule has 5 heteroatoms. The van der Waals surface area contributed by atoms with Gasteiger partial charge in [0, 0.05) is 26.1 Å². The van der Waals surface area contributed by atoms with E-state index in [2.05, 4.69) is 17.0 Å². The molecule has 1 fully saturated rings. The predicted octanol–water partition coefficient (Wildman–Crippen LogP) is 1.01. The van der Waals surface area contributed by atoms with Gasteiger partial charge in [0.25, 0.3) is 0 Å². The molecule has 1 saturated heterocycles. The van der Waals surface area contributed by atoms with Gasteiger partial charge in [-0.05, 0) is 32.7 Å². The van der Waals surface area contributed by atoms with Crippen molar-refractivity contribution in [3.05, 3.63) is 0 Å². The molecule has 0 aromatic carbocycles. The molecule has 0 radical (unpaired) electrons. The van der Waals surface area contributed by atoms with Gasteiger partial charge in [-0.15, -0.1) is 0 Å². The third kappa shape index (κ3) is 5.32. The minimum absolute atomic E-state index is 0.326. The molecule has 1 aliphatic heterocycles. The Kier molecular flexibility index (Phi) is 6.18. The van der Waals surface area contributed by atoms with Crippen LogP contribution in [0, 0.1) is 0 Å². The molecule has 1 aliphatic rings. The lowest BCUT2D eigenvalue weighted by molar-refractivity contribution is 0.0676. The van der Waals surface area contributed by atoms with Crippen molar-refractivity contribution >= 4 is 5.84 Å². The highest BCUT2D eigenvalue weighted by Gasteiger charge is 2.13. The number of nitrogens with zero attached hydrogens (tertiary/aromatic N) is 2. The highest BCUT2D eigenvalue weighted by atomic mass is 16.5. The van der Waals surface area contributed by atoms with Gasteiger partial charge in [0.1, 0.15) is 5.84 Å². The quantitative estimate of drug-likeness (QED) is 0.243. The summed E-state index contributed by atoms with van der Waals surface area (Å²) in [5, 5.41) is 11.4. The van der Waals surface area contributed by atoms with E-state index in [9.17, 15) is 0 Å². The van der Waals surface area contributed by atoms with Gasteiger partial charge in [0.2, 0.25) is 0 Å². The van der Waals surface area contributed by atoms with Crippen LogP contribution in [0.1, 0.15) is 32.6 Å². The molecule has 0 aliphatic carbocycles. The lowest BCUT2D eigenvalue weighted by Crippen LogP contribution is -2.31. The van der Waals surface area contributed by atoms with Gasteiger partial charge in [-0.3, -0.25) is 0 Å². The molecule has 1 rings (SSSR count). The Hall–Kier alpha value is -0.810. The molecule has 0 aromatic rings. The van der Waals surface area contributed by atoms with Crippen LogP contribution in [-0.2, 0) is 4.74 Å². The van der Waals surface area contributed by atoms with Crippen LogP contribution >= 0.6 is 0 Å². The molecule has 1 unspecified atom stereocenters. The van der Waals surface area contributed by atoms with Crippen molar-refractivity contribution in [1.29, 1.82) is 0 Å². The van der Waals surface area contributed by atoms with Crippen LogP contribution in [0.25, 0.3) is 0 Å². The molecular weight excluding hydrogens is 206 g/mol. The normalized spacial score (nSPS) is 24.3. The summed E-state index contributed by atoms with van der Waals surface area (Å²) in [5.41, 5.74) is 5.41. The molecule has 94 valence electrons. The van der Waals surface area contributed by atoms with Gasteiger partial charge in [0.05, 0.1) is 6.10 Å². The minimum Gasteiger partial charge on any atom is -0.409 e. The van der Waals surface area contributed by atoms with Crippen molar-refractivity contribution in [2.75, 3.05) is 26.2 Å². The van der Waals surface area contributed by atoms with E-state index in [4.69, 9.17) is 15.7 Å². The third-order valence-electron chi connectivity index (χ3n) is 2.82. The molecule has 5 nitrogen and oxygen atoms in total. The van der Waals surface area contributed by atoms with E-state index in [1.807, 2.05) is 0 Å². The fourth-order valence-electron chi connectivity index (χ4n) is 1.97. The lowest BCUT2D eigenvalue weighted by atomic mass is 10.2. The predicted molar refractivity (Wildman–Crippen MR) is 63.7 cm³/mol. The van der Waals surface area contributed by atoms with Crippen molar-refractivity contribution in [3.63, 3.8) is 0 Å². The largest absolute Gasteiger partial charge is 0.409 e. The molecule has 0 bridgehead atoms. The van der Waals surface area contributed by atoms with Crippen LogP contribution in [0.4, 0.5) is 0 Å². The van der Waals surface area contributed by atoms with E-state index >= 15 is 0 Å². The van der Waals surface area contributed by atoms with Gasteiger partial charge >= 0.3 is 0 Å². The second-order valence-corrected chi connectivity index (χ2v) is 4.38. The Balaban J connectivity index is 2.11. The Bertz CT molecular complexity index is 221. The van der Waals surface area contributed by atoms with E-state index in [1.54, 1.807) is 0 Å². The number of unbranched alkanes of at least 4 members (excludes halogenated alkanes) is 1. The van der Waals surface area contributed by atoms with Gasteiger partial charge in [-0.25, -0.2) is 0 Å². The SMILES string of the molecule is CC1CN(CCCCC(N)=NO)CCCO1. The Morgan fingerprint density at radius 2 is 2.38 bits per heavy atom. The van der Waals surface area contributed by atoms with Crippen LogP contribution < -0.4 is 5.73 Å². The number of nitrogens with two attached hydrogens (primary N) is 1. The van der Waals surface area contributed by atoms with Crippen LogP contribution in [0.3, 0.4) is 0 Å². The maximum Gasteiger partial charge on any atom is 0.139 e. The topological polar surface area (TPSA) is 71.1 Å². The summed E-state index contributed by atoms with van der Waals surface area (Å²) >= 11 is 0. The number of rotatable bonds is 5. The second-order valence-electron chi connectivity index (χ2n) is 4.38. The first-order chi connectivity index (χ1) is 7.72. The molecule has 16 heavy (non-hydrogen) atoms. The number of ether oxygens (including phenoxy) is 1. The molecule has 3 N–H and O–H groups in total. The fourth-order valence-corrected chi connectivity index (χ4v) is 1.97. The summed E-state index contributed by atoms with van der Waals surface area (Å²) in [4.78, 5) is 2.43. The maximum atomic E-state index is 8.39. The summed E-state index contributed by atoms with van der Waals surface area (Å²) in [6, 6.07) is 0. The molecule has 0 aromatic heterocycles. The first-order valence-corrected chi connectivity index (χ1v) is 6.02. The molecular formula is C11H23N3O2. The van der Waals surface area contributed by atoms with Crippen LogP contribution in [0.15, 0.2) is 5.16 Å². The van der Waals surface area contributed by atoms with Gasteiger partial charge < -0.3 is 20.6 Å². The average Bonchev–Trinajstić information content (AvgIpc) is 2.48. The van der Waals surface area contributed by atoms with Crippen molar-refractivity contribution in [1.82, 2.24) is 4.90 Å². The summed E-state index contributed by atoms with van der Waals surface area (Å²) in [5.74, 6) is 0.326. The summed E-state index contributed by atoms with van der Waals surface area (Å²) < 4.78 is 5.58. The first kappa shape index (κ1) is 13.3. The van der Waals surface area contributed by atoms with Crippen LogP contribution in [0.5, 0.6) is 0 Å². The molecule has 0 saturated carbocycles. The maximum absolute atomic E-state index is 8.39. The number of hydrogen-bond acceptors (Lipinski definition) is 4. The molecule has 1 atom stereocenters. The zero-order valence-electron chi connectivity index (χ0n) is 10.1. The second kappa shape index (κ2) is 7.46. The number of hydrogen-bond donors (Lipinski definition) is 2. The summed E-state index contributed by atoms with van der Waals surface area (Å²) in [7, 11) is 0. The van der Waals surface area contributed by atoms with Crippen molar-refractivity contribution in [2.24, 2.45) is 10.9 Å². The smallest absolute Gasteiger partial charge is 0.139 e. The average molecular weight is 229 g/mol. The van der Waals surface area contributed by atoms with Crippen LogP contribution in [0.2, 0.25) is 0 Å². The zero-order chi connectivity index (χ0) is 11.8. The van der Waals surface area contributed by atoms with Crippen molar-refractivity contribution in [3.8, 4) is 0 Å². The van der Waals surface area contributed by atoms with E-state index in [0.717, 1.165) is 45.5 Å². The Morgan fingerprint density at radius 3 is 3.12 bits per heavy atom. The zero-order valence-corrected chi connectivity index (χ0v) is 10.1. The summed E-state index contributed by atoms with van der Waals surface area (Å²) in [6.07, 6.45) is 4.19. The van der Waals surface area contributed by atoms with Gasteiger partial charge in [-0.2, -0.15) is 0 Å². The number of oxime groups is 1. The minimum atomic E-state index is 0.326. The highest BCUT2D eigenvalue weighted by Crippen LogP contribution is 2.07. The van der Waals surface area contributed by atoms with Gasteiger partial charge in [0.15, 0.2) is 0 Å². The van der Waals surface area contributed by atoms with E-state index in [1.165, 1.54) is 0 Å². The van der Waals surface area contributed by atoms with Crippen molar-refractivity contribution in [2.45, 2.75) is 38.7 Å². The lowest BCUT2D eigenvalue weighted by Gasteiger charge is -2.21. The summed E-state index contributed by atoms with van der Waals surface area (Å²) in [6.45, 7) is 6.21. The molecule has 0 amide bonds. The Morgan fingerprint density at radius 1 is 1.56 bits per heavy atom. The molecule has 0 spiro atoms. The van der Waals surface area contributed by atoms with Gasteiger partial charge in [-0.1, -0.05) is 5.16 Å². The Labute approximate surface area is 97.2 Å². The van der Waals surface area contributed by atoms with E-state index in [-0.39, 0.29) is 0 Å². The van der Waals surface area contributed by atoms with E-state index < -0.39 is 0 Å². The standard InChI is InChI=1S/C11H23N3O2/c1-10-9-14(7-4-8-16-10)6-3-2-5-11(12)13-15/h10,15H,2-9H2,1H3,(H2,12,13). The monoisotopic (exact) mass is 229 g/mol. The third-order valence-corrected chi connectivity index (χ3v) is 2.82.